The molecule has 0 spiro atoms. The Hall–Kier alpha value is -2.86. The highest BCUT2D eigenvalue weighted by atomic mass is 32.2. The molecule has 26 heavy (non-hydrogen) atoms. The lowest BCUT2D eigenvalue weighted by molar-refractivity contribution is 0.573. The number of nitrogens with zero attached hydrogens (tertiary/aromatic N) is 4. The monoisotopic (exact) mass is 362 g/mol. The van der Waals surface area contributed by atoms with E-state index in [1.165, 1.54) is 5.56 Å². The number of rotatable bonds is 6. The Morgan fingerprint density at radius 3 is 2.46 bits per heavy atom. The fourth-order valence-electron chi connectivity index (χ4n) is 2.64. The van der Waals surface area contributed by atoms with E-state index in [1.54, 1.807) is 18.0 Å². The molecule has 0 saturated heterocycles. The predicted octanol–water partition coefficient (Wildman–Crippen LogP) is 4.58. The Labute approximate surface area is 156 Å². The van der Waals surface area contributed by atoms with Crippen LogP contribution in [0.1, 0.15) is 17.1 Å². The van der Waals surface area contributed by atoms with Gasteiger partial charge in [-0.1, -0.05) is 60.3 Å². The maximum atomic E-state index is 5.60. The van der Waals surface area contributed by atoms with Crippen LogP contribution in [0.15, 0.2) is 76.5 Å². The van der Waals surface area contributed by atoms with Gasteiger partial charge >= 0.3 is 0 Å². The van der Waals surface area contributed by atoms with Crippen LogP contribution in [0.4, 0.5) is 0 Å². The van der Waals surface area contributed by atoms with Crippen molar-refractivity contribution in [1.29, 1.82) is 0 Å². The van der Waals surface area contributed by atoms with Gasteiger partial charge in [-0.3, -0.25) is 0 Å². The van der Waals surface area contributed by atoms with Crippen LogP contribution in [0.3, 0.4) is 0 Å². The van der Waals surface area contributed by atoms with Crippen molar-refractivity contribution in [3.05, 3.63) is 84.0 Å². The molecule has 4 aromatic rings. The van der Waals surface area contributed by atoms with E-state index in [-0.39, 0.29) is 0 Å². The molecule has 2 aromatic carbocycles. The number of aromatic nitrogens is 4. The number of thioether (sulfide) groups is 1. The first-order chi connectivity index (χ1) is 12.8. The fraction of sp³-hybridized carbons (Fsp3) is 0.150. The van der Waals surface area contributed by atoms with E-state index < -0.39 is 0 Å². The van der Waals surface area contributed by atoms with E-state index >= 15 is 0 Å². The summed E-state index contributed by atoms with van der Waals surface area (Å²) in [6.45, 7) is 2.74. The molecule has 0 N–H and O–H groups in total. The second-order valence-electron chi connectivity index (χ2n) is 5.90. The van der Waals surface area contributed by atoms with E-state index in [9.17, 15) is 0 Å². The highest BCUT2D eigenvalue weighted by molar-refractivity contribution is 7.98. The summed E-state index contributed by atoms with van der Waals surface area (Å²) in [5, 5.41) is 9.42. The van der Waals surface area contributed by atoms with Crippen LogP contribution in [0, 0.1) is 6.92 Å². The van der Waals surface area contributed by atoms with Crippen LogP contribution in [0.25, 0.3) is 11.5 Å². The summed E-state index contributed by atoms with van der Waals surface area (Å²) in [5.74, 6) is 2.23. The highest BCUT2D eigenvalue weighted by Crippen LogP contribution is 2.25. The number of benzene rings is 2. The maximum absolute atomic E-state index is 5.60. The van der Waals surface area contributed by atoms with Gasteiger partial charge in [0.15, 0.2) is 5.16 Å². The largest absolute Gasteiger partial charge is 0.444 e. The zero-order valence-corrected chi connectivity index (χ0v) is 15.2. The number of oxazole rings is 1. The van der Waals surface area contributed by atoms with Crippen molar-refractivity contribution in [2.45, 2.75) is 24.4 Å². The Morgan fingerprint density at radius 2 is 1.69 bits per heavy atom. The van der Waals surface area contributed by atoms with Gasteiger partial charge in [-0.2, -0.15) is 0 Å². The summed E-state index contributed by atoms with van der Waals surface area (Å²) < 4.78 is 7.73. The van der Waals surface area contributed by atoms with Crippen LogP contribution in [-0.4, -0.2) is 19.7 Å². The standard InChI is InChI=1S/C20H18N4OS/c1-15-22-23-20(24(15)12-16-8-4-2-5-9-16)26-14-18-13-25-19(21-18)17-10-6-3-7-11-17/h2-11,13H,12,14H2,1H3. The molecule has 0 atom stereocenters. The van der Waals surface area contributed by atoms with Crippen LogP contribution in [-0.2, 0) is 12.3 Å². The minimum atomic E-state index is 0.642. The molecule has 0 aliphatic rings. The first kappa shape index (κ1) is 16.6. The molecule has 0 unspecified atom stereocenters. The van der Waals surface area contributed by atoms with Crippen molar-refractivity contribution >= 4 is 11.8 Å². The molecular formula is C20H18N4OS. The molecule has 2 heterocycles. The van der Waals surface area contributed by atoms with Crippen LogP contribution in [0.5, 0.6) is 0 Å². The third-order valence-corrected chi connectivity index (χ3v) is 5.01. The Balaban J connectivity index is 1.47. The van der Waals surface area contributed by atoms with Gasteiger partial charge in [0.1, 0.15) is 12.1 Å². The molecule has 0 bridgehead atoms. The minimum absolute atomic E-state index is 0.642. The van der Waals surface area contributed by atoms with Crippen molar-refractivity contribution in [3.8, 4) is 11.5 Å². The lowest BCUT2D eigenvalue weighted by Gasteiger charge is -2.07. The second-order valence-corrected chi connectivity index (χ2v) is 6.84. The molecule has 4 rings (SSSR count). The summed E-state index contributed by atoms with van der Waals surface area (Å²) in [5.41, 5.74) is 3.10. The summed E-state index contributed by atoms with van der Waals surface area (Å²) in [4.78, 5) is 4.57. The van der Waals surface area contributed by atoms with Crippen molar-refractivity contribution < 1.29 is 4.42 Å². The van der Waals surface area contributed by atoms with E-state index in [1.807, 2.05) is 55.5 Å². The molecule has 0 radical (unpaired) electrons. The minimum Gasteiger partial charge on any atom is -0.444 e. The van der Waals surface area contributed by atoms with Crippen molar-refractivity contribution in [3.63, 3.8) is 0 Å². The first-order valence-electron chi connectivity index (χ1n) is 8.36. The van der Waals surface area contributed by atoms with E-state index in [4.69, 9.17) is 4.42 Å². The average molecular weight is 362 g/mol. The molecule has 6 heteroatoms. The zero-order valence-electron chi connectivity index (χ0n) is 14.4. The summed E-state index contributed by atoms with van der Waals surface area (Å²) in [6, 6.07) is 20.2. The van der Waals surface area contributed by atoms with Gasteiger partial charge < -0.3 is 8.98 Å². The molecular weight excluding hydrogens is 344 g/mol. The molecule has 130 valence electrons. The third-order valence-electron chi connectivity index (χ3n) is 4.01. The van der Waals surface area contributed by atoms with Crippen LogP contribution < -0.4 is 0 Å². The number of hydrogen-bond acceptors (Lipinski definition) is 5. The normalized spacial score (nSPS) is 11.0. The summed E-state index contributed by atoms with van der Waals surface area (Å²) >= 11 is 1.62. The smallest absolute Gasteiger partial charge is 0.226 e. The van der Waals surface area contributed by atoms with Crippen molar-refractivity contribution in [1.82, 2.24) is 19.7 Å². The zero-order chi connectivity index (χ0) is 17.8. The predicted molar refractivity (Wildman–Crippen MR) is 102 cm³/mol. The van der Waals surface area contributed by atoms with E-state index in [0.29, 0.717) is 11.6 Å². The Kier molecular flexibility index (Phi) is 4.84. The topological polar surface area (TPSA) is 56.7 Å². The van der Waals surface area contributed by atoms with Gasteiger partial charge in [0.25, 0.3) is 0 Å². The lowest BCUT2D eigenvalue weighted by Crippen LogP contribution is -2.03. The SMILES string of the molecule is Cc1nnc(SCc2coc(-c3ccccc3)n2)n1Cc1ccccc1. The van der Waals surface area contributed by atoms with Gasteiger partial charge in [-0.05, 0) is 24.6 Å². The summed E-state index contributed by atoms with van der Waals surface area (Å²) in [6.07, 6.45) is 1.71. The highest BCUT2D eigenvalue weighted by Gasteiger charge is 2.12. The van der Waals surface area contributed by atoms with Gasteiger partial charge in [0.05, 0.1) is 12.2 Å². The van der Waals surface area contributed by atoms with Gasteiger partial charge in [0.2, 0.25) is 5.89 Å². The number of aryl methyl sites for hydroxylation is 1. The van der Waals surface area contributed by atoms with Gasteiger partial charge in [-0.25, -0.2) is 4.98 Å². The fourth-order valence-corrected chi connectivity index (χ4v) is 3.50. The third kappa shape index (κ3) is 3.70. The second kappa shape index (κ2) is 7.58. The van der Waals surface area contributed by atoms with Gasteiger partial charge in [-0.15, -0.1) is 10.2 Å². The van der Waals surface area contributed by atoms with Crippen molar-refractivity contribution in [2.24, 2.45) is 0 Å². The van der Waals surface area contributed by atoms with Crippen LogP contribution >= 0.6 is 11.8 Å². The van der Waals surface area contributed by atoms with E-state index in [0.717, 1.165) is 28.8 Å². The van der Waals surface area contributed by atoms with Gasteiger partial charge in [0, 0.05) is 11.3 Å². The maximum Gasteiger partial charge on any atom is 0.226 e. The molecule has 0 saturated carbocycles. The molecule has 0 aliphatic carbocycles. The summed E-state index contributed by atoms with van der Waals surface area (Å²) in [7, 11) is 0. The van der Waals surface area contributed by atoms with Crippen LogP contribution in [0.2, 0.25) is 0 Å². The molecule has 5 nitrogen and oxygen atoms in total. The average Bonchev–Trinajstić information content (AvgIpc) is 3.29. The lowest BCUT2D eigenvalue weighted by atomic mass is 10.2. The first-order valence-corrected chi connectivity index (χ1v) is 9.34. The molecule has 0 aliphatic heterocycles. The quantitative estimate of drug-likeness (QED) is 0.470. The van der Waals surface area contributed by atoms with E-state index in [2.05, 4.69) is 31.9 Å². The molecule has 0 amide bonds. The Bertz CT molecular complexity index is 979. The molecule has 2 aromatic heterocycles. The molecule has 0 fully saturated rings. The Morgan fingerprint density at radius 1 is 0.962 bits per heavy atom. The number of hydrogen-bond donors (Lipinski definition) is 0. The van der Waals surface area contributed by atoms with Crippen molar-refractivity contribution in [2.75, 3.05) is 0 Å².